The summed E-state index contributed by atoms with van der Waals surface area (Å²) in [5.74, 6) is 0.940. The van der Waals surface area contributed by atoms with Gasteiger partial charge in [0.1, 0.15) is 17.1 Å². The molecule has 1 heterocycles. The second-order valence-corrected chi connectivity index (χ2v) is 12.9. The van der Waals surface area contributed by atoms with Gasteiger partial charge in [-0.25, -0.2) is 0 Å². The molecule has 0 aliphatic carbocycles. The van der Waals surface area contributed by atoms with Crippen LogP contribution in [0, 0.1) is 35.2 Å². The molecule has 212 valence electrons. The second kappa shape index (κ2) is 13.9. The van der Waals surface area contributed by atoms with Crippen LogP contribution in [-0.4, -0.2) is 17.7 Å². The van der Waals surface area contributed by atoms with Crippen LogP contribution in [0.25, 0.3) is 0 Å². The van der Waals surface area contributed by atoms with Crippen molar-refractivity contribution in [2.75, 3.05) is 0 Å². The van der Waals surface area contributed by atoms with Crippen LogP contribution in [0.5, 0.6) is 11.5 Å². The van der Waals surface area contributed by atoms with Gasteiger partial charge in [0.15, 0.2) is 0 Å². The molecule has 0 bridgehead atoms. The van der Waals surface area contributed by atoms with E-state index in [0.717, 1.165) is 58.1 Å². The van der Waals surface area contributed by atoms with Crippen molar-refractivity contribution in [1.29, 1.82) is 0 Å². The SMILES string of the molecule is CC(=O)Oc1c(C)c(C)c2c(c1I)CCC(C)(CCCC(CCCC(C)CCCC(C)C)C(F)(F)F)O2. The smallest absolute Gasteiger partial charge is 0.391 e. The van der Waals surface area contributed by atoms with Gasteiger partial charge in [-0.05, 0) is 105 Å². The van der Waals surface area contributed by atoms with Crippen molar-refractivity contribution in [3.05, 3.63) is 20.3 Å². The highest BCUT2D eigenvalue weighted by molar-refractivity contribution is 14.1. The lowest BCUT2D eigenvalue weighted by Crippen LogP contribution is -2.37. The molecule has 0 spiro atoms. The lowest BCUT2D eigenvalue weighted by Gasteiger charge is -2.38. The van der Waals surface area contributed by atoms with Crippen molar-refractivity contribution in [1.82, 2.24) is 0 Å². The minimum atomic E-state index is -4.15. The van der Waals surface area contributed by atoms with E-state index in [1.807, 2.05) is 20.8 Å². The Kier molecular flexibility index (Phi) is 12.1. The molecule has 3 unspecified atom stereocenters. The molecule has 0 aromatic heterocycles. The van der Waals surface area contributed by atoms with Crippen molar-refractivity contribution in [2.24, 2.45) is 17.8 Å². The molecular formula is C30H46F3IO3. The number of carbonyl (C=O) groups is 1. The molecule has 0 radical (unpaired) electrons. The van der Waals surface area contributed by atoms with Gasteiger partial charge in [0.25, 0.3) is 0 Å². The predicted octanol–water partition coefficient (Wildman–Crippen LogP) is 9.90. The largest absolute Gasteiger partial charge is 0.487 e. The number of alkyl halides is 3. The van der Waals surface area contributed by atoms with E-state index in [4.69, 9.17) is 9.47 Å². The molecule has 2 rings (SSSR count). The lowest BCUT2D eigenvalue weighted by molar-refractivity contribution is -0.179. The molecule has 0 amide bonds. The van der Waals surface area contributed by atoms with E-state index >= 15 is 0 Å². The lowest BCUT2D eigenvalue weighted by atomic mass is 9.84. The molecule has 0 N–H and O–H groups in total. The first-order valence-electron chi connectivity index (χ1n) is 13.9. The van der Waals surface area contributed by atoms with Crippen molar-refractivity contribution in [3.63, 3.8) is 0 Å². The quantitative estimate of drug-likeness (QED) is 0.123. The van der Waals surface area contributed by atoms with Crippen LogP contribution in [0.3, 0.4) is 0 Å². The van der Waals surface area contributed by atoms with Crippen molar-refractivity contribution in [3.8, 4) is 11.5 Å². The van der Waals surface area contributed by atoms with Gasteiger partial charge in [-0.3, -0.25) is 4.79 Å². The Balaban J connectivity index is 1.95. The van der Waals surface area contributed by atoms with E-state index in [0.29, 0.717) is 36.8 Å². The Hall–Kier alpha value is -0.990. The van der Waals surface area contributed by atoms with Gasteiger partial charge >= 0.3 is 12.1 Å². The van der Waals surface area contributed by atoms with Crippen molar-refractivity contribution in [2.45, 2.75) is 131 Å². The molecular weight excluding hydrogens is 592 g/mol. The summed E-state index contributed by atoms with van der Waals surface area (Å²) in [6.45, 7) is 13.8. The fourth-order valence-corrected chi connectivity index (χ4v) is 6.41. The fraction of sp³-hybridized carbons (Fsp3) is 0.767. The standard InChI is InChI=1S/C30H46F3IO3/c1-19(2)11-8-12-20(3)13-9-14-24(30(31,32)33)15-10-17-29(7)18-16-25-26(34)28(36-23(6)35)22(5)21(4)27(25)37-29/h19-20,24H,8-18H2,1-7H3. The zero-order chi connectivity index (χ0) is 28.0. The van der Waals surface area contributed by atoms with Crippen LogP contribution < -0.4 is 9.47 Å². The number of esters is 1. The number of ether oxygens (including phenoxy) is 2. The van der Waals surface area contributed by atoms with Gasteiger partial charge in [0.05, 0.1) is 9.49 Å². The summed E-state index contributed by atoms with van der Waals surface area (Å²) in [6.07, 6.45) is 3.71. The summed E-state index contributed by atoms with van der Waals surface area (Å²) in [5.41, 5.74) is 2.30. The number of hydrogen-bond acceptors (Lipinski definition) is 3. The van der Waals surface area contributed by atoms with Crippen molar-refractivity contribution >= 4 is 28.6 Å². The molecule has 1 aromatic carbocycles. The molecule has 0 saturated carbocycles. The summed E-state index contributed by atoms with van der Waals surface area (Å²) in [4.78, 5) is 11.6. The molecule has 3 nitrogen and oxygen atoms in total. The van der Waals surface area contributed by atoms with Gasteiger partial charge in [-0.15, -0.1) is 0 Å². The first kappa shape index (κ1) is 32.2. The van der Waals surface area contributed by atoms with E-state index in [-0.39, 0.29) is 18.8 Å². The number of hydrogen-bond donors (Lipinski definition) is 0. The van der Waals surface area contributed by atoms with Crippen LogP contribution >= 0.6 is 22.6 Å². The molecule has 7 heteroatoms. The molecule has 0 saturated heterocycles. The Labute approximate surface area is 235 Å². The van der Waals surface area contributed by atoms with Crippen molar-refractivity contribution < 1.29 is 27.4 Å². The van der Waals surface area contributed by atoms with E-state index in [9.17, 15) is 18.0 Å². The Morgan fingerprint density at radius 3 is 2.19 bits per heavy atom. The average Bonchev–Trinajstić information content (AvgIpc) is 2.78. The third kappa shape index (κ3) is 9.61. The first-order chi connectivity index (χ1) is 17.1. The maximum atomic E-state index is 13.8. The Morgan fingerprint density at radius 1 is 1.03 bits per heavy atom. The molecule has 1 aliphatic heterocycles. The fourth-order valence-electron chi connectivity index (χ4n) is 5.38. The summed E-state index contributed by atoms with van der Waals surface area (Å²) in [5, 5.41) is 0. The van der Waals surface area contributed by atoms with Crippen LogP contribution in [0.2, 0.25) is 0 Å². The van der Waals surface area contributed by atoms with E-state index in [2.05, 4.69) is 43.4 Å². The van der Waals surface area contributed by atoms with E-state index in [1.54, 1.807) is 0 Å². The zero-order valence-electron chi connectivity index (χ0n) is 23.7. The number of carbonyl (C=O) groups excluding carboxylic acids is 1. The van der Waals surface area contributed by atoms with Gasteiger partial charge in [-0.2, -0.15) is 13.2 Å². The third-order valence-electron chi connectivity index (χ3n) is 7.93. The number of rotatable bonds is 13. The van der Waals surface area contributed by atoms with E-state index in [1.165, 1.54) is 13.3 Å². The number of halogens is 4. The van der Waals surface area contributed by atoms with Gasteiger partial charge < -0.3 is 9.47 Å². The van der Waals surface area contributed by atoms with Gasteiger partial charge in [0, 0.05) is 12.5 Å². The summed E-state index contributed by atoms with van der Waals surface area (Å²) < 4.78 is 54.2. The second-order valence-electron chi connectivity index (χ2n) is 11.8. The predicted molar refractivity (Wildman–Crippen MR) is 152 cm³/mol. The molecule has 1 aromatic rings. The van der Waals surface area contributed by atoms with Crippen LogP contribution in [0.15, 0.2) is 0 Å². The van der Waals surface area contributed by atoms with Gasteiger partial charge in [-0.1, -0.05) is 52.9 Å². The summed E-state index contributed by atoms with van der Waals surface area (Å²) in [6, 6.07) is 0. The molecule has 0 fully saturated rings. The number of benzene rings is 1. The highest BCUT2D eigenvalue weighted by Gasteiger charge is 2.40. The Morgan fingerprint density at radius 2 is 1.62 bits per heavy atom. The highest BCUT2D eigenvalue weighted by Crippen LogP contribution is 2.46. The molecule has 3 atom stereocenters. The maximum absolute atomic E-state index is 13.8. The van der Waals surface area contributed by atoms with Crippen LogP contribution in [-0.2, 0) is 11.2 Å². The molecule has 1 aliphatic rings. The van der Waals surface area contributed by atoms with E-state index < -0.39 is 17.7 Å². The summed E-state index contributed by atoms with van der Waals surface area (Å²) in [7, 11) is 0. The highest BCUT2D eigenvalue weighted by atomic mass is 127. The third-order valence-corrected chi connectivity index (χ3v) is 9.07. The average molecular weight is 639 g/mol. The summed E-state index contributed by atoms with van der Waals surface area (Å²) >= 11 is 2.20. The molecule has 37 heavy (non-hydrogen) atoms. The van der Waals surface area contributed by atoms with Gasteiger partial charge in [0.2, 0.25) is 0 Å². The minimum absolute atomic E-state index is 0.151. The van der Waals surface area contributed by atoms with Crippen LogP contribution in [0.1, 0.15) is 116 Å². The van der Waals surface area contributed by atoms with Crippen LogP contribution in [0.4, 0.5) is 13.2 Å². The maximum Gasteiger partial charge on any atom is 0.391 e. The normalized spacial score (nSPS) is 19.4. The minimum Gasteiger partial charge on any atom is -0.487 e. The topological polar surface area (TPSA) is 35.5 Å². The zero-order valence-corrected chi connectivity index (χ0v) is 25.9. The first-order valence-corrected chi connectivity index (χ1v) is 15.0. The Bertz CT molecular complexity index is 913. The monoisotopic (exact) mass is 638 g/mol. The number of fused-ring (bicyclic) bond motifs is 1.